The summed E-state index contributed by atoms with van der Waals surface area (Å²) < 4.78 is 38.6. The van der Waals surface area contributed by atoms with E-state index in [2.05, 4.69) is 15.5 Å². The third-order valence-electron chi connectivity index (χ3n) is 4.33. The van der Waals surface area contributed by atoms with Gasteiger partial charge in [0.1, 0.15) is 0 Å². The summed E-state index contributed by atoms with van der Waals surface area (Å²) in [6.45, 7) is 0.0144. The van der Waals surface area contributed by atoms with E-state index in [1.165, 1.54) is 4.90 Å². The highest BCUT2D eigenvalue weighted by atomic mass is 19.4. The maximum Gasteiger partial charge on any atom is 0.393 e. The van der Waals surface area contributed by atoms with Gasteiger partial charge >= 0.3 is 12.2 Å². The second kappa shape index (κ2) is 8.20. The molecule has 0 unspecified atom stereocenters. The standard InChI is InChI=1S/C19H19F3N4O/c20-19(21,22)14-5-4-12-26(13-14)18(27)23-15-8-10-17(11-9-15)25-24-16-6-2-1-3-7-16/h1-3,6-11,14H,4-5,12-13H2,(H,23,27)/t14-/m0/s1. The first-order valence-electron chi connectivity index (χ1n) is 8.61. The van der Waals surface area contributed by atoms with E-state index in [4.69, 9.17) is 0 Å². The molecule has 3 rings (SSSR count). The van der Waals surface area contributed by atoms with Gasteiger partial charge in [0.05, 0.1) is 17.3 Å². The molecule has 1 atom stereocenters. The van der Waals surface area contributed by atoms with Crippen LogP contribution in [0.4, 0.5) is 35.0 Å². The summed E-state index contributed by atoms with van der Waals surface area (Å²) in [5.41, 5.74) is 1.82. The number of nitrogens with zero attached hydrogens (tertiary/aromatic N) is 3. The molecule has 1 heterocycles. The summed E-state index contributed by atoms with van der Waals surface area (Å²) in [5, 5.41) is 10.8. The zero-order chi connectivity index (χ0) is 19.3. The van der Waals surface area contributed by atoms with Gasteiger partial charge < -0.3 is 10.2 Å². The first-order chi connectivity index (χ1) is 12.9. The number of amides is 2. The van der Waals surface area contributed by atoms with Crippen molar-refractivity contribution in [2.45, 2.75) is 19.0 Å². The number of nitrogens with one attached hydrogen (secondary N) is 1. The van der Waals surface area contributed by atoms with Gasteiger partial charge in [-0.3, -0.25) is 0 Å². The number of likely N-dealkylation sites (tertiary alicyclic amines) is 1. The summed E-state index contributed by atoms with van der Waals surface area (Å²) in [6, 6.07) is 15.4. The largest absolute Gasteiger partial charge is 0.393 e. The zero-order valence-corrected chi connectivity index (χ0v) is 14.5. The van der Waals surface area contributed by atoms with Crippen molar-refractivity contribution in [3.63, 3.8) is 0 Å². The molecule has 142 valence electrons. The third kappa shape index (κ3) is 5.29. The molecule has 2 aromatic carbocycles. The Balaban J connectivity index is 1.58. The number of rotatable bonds is 3. The van der Waals surface area contributed by atoms with Crippen LogP contribution in [0, 0.1) is 5.92 Å². The number of hydrogen-bond donors (Lipinski definition) is 1. The average molecular weight is 376 g/mol. The molecule has 1 aliphatic rings. The lowest BCUT2D eigenvalue weighted by molar-refractivity contribution is -0.183. The van der Waals surface area contributed by atoms with Gasteiger partial charge in [0.2, 0.25) is 0 Å². The van der Waals surface area contributed by atoms with Crippen molar-refractivity contribution in [1.29, 1.82) is 0 Å². The first kappa shape index (κ1) is 18.9. The van der Waals surface area contributed by atoms with Crippen LogP contribution in [0.3, 0.4) is 0 Å². The van der Waals surface area contributed by atoms with Crippen LogP contribution in [-0.2, 0) is 0 Å². The van der Waals surface area contributed by atoms with Gasteiger partial charge in [-0.15, -0.1) is 0 Å². The lowest BCUT2D eigenvalue weighted by atomic mass is 9.98. The van der Waals surface area contributed by atoms with Crippen LogP contribution in [-0.4, -0.2) is 30.2 Å². The molecule has 2 amide bonds. The Morgan fingerprint density at radius 1 is 1.00 bits per heavy atom. The number of azo groups is 1. The predicted molar refractivity (Wildman–Crippen MR) is 96.4 cm³/mol. The Hall–Kier alpha value is -2.90. The van der Waals surface area contributed by atoms with Crippen molar-refractivity contribution in [2.75, 3.05) is 18.4 Å². The smallest absolute Gasteiger partial charge is 0.324 e. The Kier molecular flexibility index (Phi) is 5.73. The molecular formula is C19H19F3N4O. The van der Waals surface area contributed by atoms with E-state index in [1.807, 2.05) is 30.3 Å². The van der Waals surface area contributed by atoms with Gasteiger partial charge in [0.25, 0.3) is 0 Å². The molecule has 0 aromatic heterocycles. The normalized spacial score (nSPS) is 17.9. The number of urea groups is 1. The van der Waals surface area contributed by atoms with Gasteiger partial charge in [-0.1, -0.05) is 18.2 Å². The monoisotopic (exact) mass is 376 g/mol. The minimum atomic E-state index is -4.27. The molecule has 1 aliphatic heterocycles. The van der Waals surface area contributed by atoms with Gasteiger partial charge in [-0.05, 0) is 49.2 Å². The SMILES string of the molecule is O=C(Nc1ccc(N=Nc2ccccc2)cc1)N1CCC[C@H](C(F)(F)F)C1. The molecule has 0 bridgehead atoms. The fourth-order valence-electron chi connectivity index (χ4n) is 2.85. The second-order valence-electron chi connectivity index (χ2n) is 6.34. The van der Waals surface area contributed by atoms with Crippen LogP contribution in [0.15, 0.2) is 64.8 Å². The molecule has 0 spiro atoms. The molecule has 8 heteroatoms. The minimum absolute atomic E-state index is 0.0639. The number of piperidine rings is 1. The maximum absolute atomic E-state index is 12.9. The molecule has 1 fully saturated rings. The van der Waals surface area contributed by atoms with Gasteiger partial charge in [0, 0.05) is 18.8 Å². The van der Waals surface area contributed by atoms with Crippen molar-refractivity contribution in [3.05, 3.63) is 54.6 Å². The number of carbonyl (C=O) groups excluding carboxylic acids is 1. The molecule has 2 aromatic rings. The van der Waals surface area contributed by atoms with Crippen molar-refractivity contribution in [2.24, 2.45) is 16.1 Å². The number of carbonyl (C=O) groups is 1. The summed E-state index contributed by atoms with van der Waals surface area (Å²) in [4.78, 5) is 13.5. The molecule has 1 N–H and O–H groups in total. The summed E-state index contributed by atoms with van der Waals surface area (Å²) in [7, 11) is 0. The summed E-state index contributed by atoms with van der Waals surface area (Å²) >= 11 is 0. The highest BCUT2D eigenvalue weighted by molar-refractivity contribution is 5.89. The maximum atomic E-state index is 12.9. The van der Waals surface area contributed by atoms with Crippen molar-refractivity contribution >= 4 is 23.1 Å². The van der Waals surface area contributed by atoms with Crippen LogP contribution in [0.1, 0.15) is 12.8 Å². The highest BCUT2D eigenvalue weighted by Gasteiger charge is 2.42. The predicted octanol–water partition coefficient (Wildman–Crippen LogP) is 5.91. The van der Waals surface area contributed by atoms with E-state index >= 15 is 0 Å². The number of anilines is 1. The Morgan fingerprint density at radius 3 is 2.26 bits per heavy atom. The van der Waals surface area contributed by atoms with Gasteiger partial charge in [0.15, 0.2) is 0 Å². The molecule has 0 aliphatic carbocycles. The Labute approximate surface area is 154 Å². The molecule has 27 heavy (non-hydrogen) atoms. The zero-order valence-electron chi connectivity index (χ0n) is 14.5. The quantitative estimate of drug-likeness (QED) is 0.665. The van der Waals surface area contributed by atoms with Crippen LogP contribution < -0.4 is 5.32 Å². The van der Waals surface area contributed by atoms with E-state index < -0.39 is 18.1 Å². The number of alkyl halides is 3. The lowest BCUT2D eigenvalue weighted by Crippen LogP contribution is -2.46. The Bertz CT molecular complexity index is 791. The summed E-state index contributed by atoms with van der Waals surface area (Å²) in [5.74, 6) is -1.46. The number of halogens is 3. The van der Waals surface area contributed by atoms with E-state index in [-0.39, 0.29) is 13.0 Å². The van der Waals surface area contributed by atoms with Crippen LogP contribution in [0.5, 0.6) is 0 Å². The van der Waals surface area contributed by atoms with Crippen molar-refractivity contribution < 1.29 is 18.0 Å². The fraction of sp³-hybridized carbons (Fsp3) is 0.316. The van der Waals surface area contributed by atoms with E-state index in [1.54, 1.807) is 24.3 Å². The Morgan fingerprint density at radius 2 is 1.63 bits per heavy atom. The van der Waals surface area contributed by atoms with Gasteiger partial charge in [-0.25, -0.2) is 4.79 Å². The van der Waals surface area contributed by atoms with Crippen molar-refractivity contribution in [3.8, 4) is 0 Å². The topological polar surface area (TPSA) is 57.1 Å². The number of benzene rings is 2. The molecular weight excluding hydrogens is 357 g/mol. The van der Waals surface area contributed by atoms with E-state index in [0.717, 1.165) is 5.69 Å². The molecule has 5 nitrogen and oxygen atoms in total. The van der Waals surface area contributed by atoms with E-state index in [0.29, 0.717) is 24.3 Å². The van der Waals surface area contributed by atoms with Crippen LogP contribution in [0.25, 0.3) is 0 Å². The summed E-state index contributed by atoms with van der Waals surface area (Å²) in [6.07, 6.45) is -3.87. The lowest BCUT2D eigenvalue weighted by Gasteiger charge is -2.33. The molecule has 0 radical (unpaired) electrons. The number of hydrogen-bond acceptors (Lipinski definition) is 3. The minimum Gasteiger partial charge on any atom is -0.324 e. The third-order valence-corrected chi connectivity index (χ3v) is 4.33. The highest BCUT2D eigenvalue weighted by Crippen LogP contribution is 2.33. The van der Waals surface area contributed by atoms with Crippen LogP contribution in [0.2, 0.25) is 0 Å². The van der Waals surface area contributed by atoms with Gasteiger partial charge in [-0.2, -0.15) is 23.4 Å². The van der Waals surface area contributed by atoms with Crippen molar-refractivity contribution in [1.82, 2.24) is 4.90 Å². The fourth-order valence-corrected chi connectivity index (χ4v) is 2.85. The first-order valence-corrected chi connectivity index (χ1v) is 8.61. The van der Waals surface area contributed by atoms with Crippen LogP contribution >= 0.6 is 0 Å². The second-order valence-corrected chi connectivity index (χ2v) is 6.34. The molecule has 0 saturated carbocycles. The van der Waals surface area contributed by atoms with E-state index in [9.17, 15) is 18.0 Å². The molecule has 1 saturated heterocycles. The average Bonchev–Trinajstić information content (AvgIpc) is 2.68.